The molecule has 1 aliphatic carbocycles. The van der Waals surface area contributed by atoms with E-state index < -0.39 is 47.1 Å². The maximum atomic E-state index is 12.5. The summed E-state index contributed by atoms with van der Waals surface area (Å²) in [6.07, 6.45) is 0.258. The summed E-state index contributed by atoms with van der Waals surface area (Å²) in [7, 11) is 0. The largest absolute Gasteiger partial charge is 0.455 e. The molecule has 1 saturated carbocycles. The van der Waals surface area contributed by atoms with Crippen molar-refractivity contribution in [3.8, 4) is 0 Å². The SMILES string of the molecule is CC(=O)O[C@@H]1C2=C(C)C(=O)O[C@@]2(OC(C)=O)C[C@@]2(C)O[C@@H]2CC[C@@]2(C)O[C@H]12. The number of epoxide rings is 2. The highest BCUT2D eigenvalue weighted by Crippen LogP contribution is 2.57. The number of rotatable bonds is 2. The van der Waals surface area contributed by atoms with Gasteiger partial charge in [0.05, 0.1) is 29.3 Å². The standard InChI is InChI=1S/C19H24O8/c1-9-13-14(23-10(2)20)15-17(4,26-15)7-6-12-18(5,25-12)8-19(13,24-11(3)21)27-16(9)22/h12,14-15H,6-8H2,1-5H3/t12-,14-,15-,17-,18-,19+/m1/s1. The van der Waals surface area contributed by atoms with Gasteiger partial charge >= 0.3 is 17.9 Å². The molecule has 8 nitrogen and oxygen atoms in total. The van der Waals surface area contributed by atoms with Crippen LogP contribution >= 0.6 is 0 Å². The maximum absolute atomic E-state index is 12.5. The molecule has 0 bridgehead atoms. The Kier molecular flexibility index (Phi) is 3.79. The van der Waals surface area contributed by atoms with Crippen LogP contribution in [0.5, 0.6) is 0 Å². The van der Waals surface area contributed by atoms with Crippen molar-refractivity contribution in [3.05, 3.63) is 11.1 Å². The van der Waals surface area contributed by atoms with Crippen LogP contribution in [0.3, 0.4) is 0 Å². The van der Waals surface area contributed by atoms with Crippen molar-refractivity contribution in [2.45, 2.75) is 89.2 Å². The molecule has 3 fully saturated rings. The highest BCUT2D eigenvalue weighted by atomic mass is 16.7. The molecule has 6 atom stereocenters. The van der Waals surface area contributed by atoms with E-state index in [2.05, 4.69) is 0 Å². The molecule has 0 radical (unpaired) electrons. The molecule has 0 unspecified atom stereocenters. The second-order valence-corrected chi connectivity index (χ2v) is 8.29. The van der Waals surface area contributed by atoms with Crippen molar-refractivity contribution in [2.24, 2.45) is 0 Å². The highest BCUT2D eigenvalue weighted by molar-refractivity contribution is 5.93. The molecular formula is C19H24O8. The molecule has 4 aliphatic rings. The third-order valence-corrected chi connectivity index (χ3v) is 6.00. The summed E-state index contributed by atoms with van der Waals surface area (Å²) >= 11 is 0. The lowest BCUT2D eigenvalue weighted by Gasteiger charge is -2.35. The minimum Gasteiger partial charge on any atom is -0.455 e. The number of ether oxygens (including phenoxy) is 5. The third-order valence-electron chi connectivity index (χ3n) is 6.00. The Morgan fingerprint density at radius 3 is 2.44 bits per heavy atom. The fourth-order valence-electron chi connectivity index (χ4n) is 4.56. The zero-order chi connectivity index (χ0) is 19.8. The first-order chi connectivity index (χ1) is 12.5. The molecule has 0 spiro atoms. The molecule has 0 aromatic rings. The molecule has 3 heterocycles. The Hall–Kier alpha value is -1.93. The molecule has 4 rings (SSSR count). The van der Waals surface area contributed by atoms with Crippen molar-refractivity contribution in [1.82, 2.24) is 0 Å². The Bertz CT molecular complexity index is 772. The Morgan fingerprint density at radius 1 is 1.11 bits per heavy atom. The smallest absolute Gasteiger partial charge is 0.337 e. The van der Waals surface area contributed by atoms with Gasteiger partial charge in [0.2, 0.25) is 0 Å². The van der Waals surface area contributed by atoms with E-state index in [1.807, 2.05) is 13.8 Å². The van der Waals surface area contributed by atoms with Gasteiger partial charge in [0, 0.05) is 19.4 Å². The van der Waals surface area contributed by atoms with Gasteiger partial charge in [-0.1, -0.05) is 0 Å². The van der Waals surface area contributed by atoms with Gasteiger partial charge in [-0.25, -0.2) is 4.79 Å². The maximum Gasteiger partial charge on any atom is 0.337 e. The summed E-state index contributed by atoms with van der Waals surface area (Å²) < 4.78 is 28.6. The lowest BCUT2D eigenvalue weighted by atomic mass is 9.81. The van der Waals surface area contributed by atoms with E-state index in [4.69, 9.17) is 23.7 Å². The van der Waals surface area contributed by atoms with Crippen molar-refractivity contribution in [2.75, 3.05) is 0 Å². The van der Waals surface area contributed by atoms with Gasteiger partial charge in [0.15, 0.2) is 6.10 Å². The Labute approximate surface area is 157 Å². The molecule has 8 heteroatoms. The predicted molar refractivity (Wildman–Crippen MR) is 89.3 cm³/mol. The van der Waals surface area contributed by atoms with Crippen molar-refractivity contribution >= 4 is 17.9 Å². The van der Waals surface area contributed by atoms with Gasteiger partial charge in [-0.2, -0.15) is 0 Å². The summed E-state index contributed by atoms with van der Waals surface area (Å²) in [5.41, 5.74) is -0.513. The molecule has 2 saturated heterocycles. The fraction of sp³-hybridized carbons (Fsp3) is 0.737. The number of hydrogen-bond donors (Lipinski definition) is 0. The first-order valence-corrected chi connectivity index (χ1v) is 9.17. The van der Waals surface area contributed by atoms with Crippen LogP contribution in [0.4, 0.5) is 0 Å². The predicted octanol–water partition coefficient (Wildman–Crippen LogP) is 1.55. The fourth-order valence-corrected chi connectivity index (χ4v) is 4.56. The van der Waals surface area contributed by atoms with Crippen molar-refractivity contribution in [3.63, 3.8) is 0 Å². The van der Waals surface area contributed by atoms with E-state index in [1.165, 1.54) is 13.8 Å². The zero-order valence-electron chi connectivity index (χ0n) is 16.1. The second kappa shape index (κ2) is 5.54. The number of fused-ring (bicyclic) bond motifs is 3. The number of carbonyl (C=O) groups is 3. The van der Waals surface area contributed by atoms with Crippen LogP contribution in [0.15, 0.2) is 11.1 Å². The molecule has 0 aromatic heterocycles. The molecular weight excluding hydrogens is 356 g/mol. The average molecular weight is 380 g/mol. The first-order valence-electron chi connectivity index (χ1n) is 9.17. The summed E-state index contributed by atoms with van der Waals surface area (Å²) in [5.74, 6) is -3.39. The van der Waals surface area contributed by atoms with E-state index >= 15 is 0 Å². The van der Waals surface area contributed by atoms with Gasteiger partial charge < -0.3 is 23.7 Å². The zero-order valence-corrected chi connectivity index (χ0v) is 16.1. The topological polar surface area (TPSA) is 104 Å². The lowest BCUT2D eigenvalue weighted by molar-refractivity contribution is -0.214. The van der Waals surface area contributed by atoms with E-state index in [0.29, 0.717) is 5.57 Å². The van der Waals surface area contributed by atoms with Crippen LogP contribution in [0.1, 0.15) is 53.9 Å². The van der Waals surface area contributed by atoms with E-state index in [9.17, 15) is 14.4 Å². The molecule has 148 valence electrons. The number of hydrogen-bond acceptors (Lipinski definition) is 8. The Balaban J connectivity index is 1.85. The van der Waals surface area contributed by atoms with Gasteiger partial charge in [-0.05, 0) is 33.6 Å². The molecule has 3 aliphatic heterocycles. The minimum atomic E-state index is -1.67. The van der Waals surface area contributed by atoms with Crippen LogP contribution in [-0.2, 0) is 38.1 Å². The van der Waals surface area contributed by atoms with Crippen LogP contribution in [0, 0.1) is 0 Å². The normalized spacial score (nSPS) is 45.1. The summed E-state index contributed by atoms with van der Waals surface area (Å²) in [5, 5.41) is 0. The van der Waals surface area contributed by atoms with E-state index in [1.54, 1.807) is 6.92 Å². The summed E-state index contributed by atoms with van der Waals surface area (Å²) in [6.45, 7) is 7.97. The Morgan fingerprint density at radius 2 is 1.81 bits per heavy atom. The first kappa shape index (κ1) is 18.4. The van der Waals surface area contributed by atoms with Crippen molar-refractivity contribution in [1.29, 1.82) is 0 Å². The quantitative estimate of drug-likeness (QED) is 0.525. The minimum absolute atomic E-state index is 0.0438. The number of carbonyl (C=O) groups excluding carboxylic acids is 3. The molecule has 0 N–H and O–H groups in total. The monoisotopic (exact) mass is 380 g/mol. The average Bonchev–Trinajstić information content (AvgIpc) is 3.35. The second-order valence-electron chi connectivity index (χ2n) is 8.29. The molecule has 0 aromatic carbocycles. The van der Waals surface area contributed by atoms with E-state index in [-0.39, 0.29) is 18.1 Å². The van der Waals surface area contributed by atoms with Crippen LogP contribution < -0.4 is 0 Å². The van der Waals surface area contributed by atoms with Crippen LogP contribution in [0.25, 0.3) is 0 Å². The third kappa shape index (κ3) is 2.86. The number of esters is 3. The summed E-state index contributed by atoms with van der Waals surface area (Å²) in [6, 6.07) is 0. The molecule has 27 heavy (non-hydrogen) atoms. The van der Waals surface area contributed by atoms with Gasteiger partial charge in [-0.3, -0.25) is 9.59 Å². The van der Waals surface area contributed by atoms with Crippen molar-refractivity contribution < 1.29 is 38.1 Å². The molecule has 0 amide bonds. The van der Waals surface area contributed by atoms with E-state index in [0.717, 1.165) is 12.8 Å². The van der Waals surface area contributed by atoms with Gasteiger partial charge in [0.1, 0.15) is 6.10 Å². The highest BCUT2D eigenvalue weighted by Gasteiger charge is 2.69. The van der Waals surface area contributed by atoms with Gasteiger partial charge in [-0.15, -0.1) is 0 Å². The van der Waals surface area contributed by atoms with Crippen LogP contribution in [0.2, 0.25) is 0 Å². The van der Waals surface area contributed by atoms with Gasteiger partial charge in [0.25, 0.3) is 5.79 Å². The summed E-state index contributed by atoms with van der Waals surface area (Å²) in [4.78, 5) is 36.2. The lowest BCUT2D eigenvalue weighted by Crippen LogP contribution is -2.47. The van der Waals surface area contributed by atoms with Crippen LogP contribution in [-0.4, -0.2) is 53.2 Å².